The third kappa shape index (κ3) is 4.32. The van der Waals surface area contributed by atoms with Crippen LogP contribution in [0.1, 0.15) is 51.0 Å². The van der Waals surface area contributed by atoms with Crippen LogP contribution in [-0.4, -0.2) is 20.4 Å². The molecule has 29 heavy (non-hydrogen) atoms. The fraction of sp³-hybridized carbons (Fsp3) is 0.435. The van der Waals surface area contributed by atoms with Crippen LogP contribution in [0.25, 0.3) is 0 Å². The van der Waals surface area contributed by atoms with E-state index in [1.54, 1.807) is 42.5 Å². The van der Waals surface area contributed by atoms with Crippen LogP contribution >= 0.6 is 0 Å². The molecule has 1 amide bonds. The molecule has 4 rings (SSSR count). The summed E-state index contributed by atoms with van der Waals surface area (Å²) in [5, 5.41) is 3.26. The number of amides is 1. The highest BCUT2D eigenvalue weighted by Crippen LogP contribution is 2.49. The van der Waals surface area contributed by atoms with Crippen LogP contribution in [-0.2, 0) is 20.2 Å². The summed E-state index contributed by atoms with van der Waals surface area (Å²) in [6.45, 7) is 2.27. The number of carbonyl (C=O) groups is 1. The average Bonchev–Trinajstić information content (AvgIpc) is 3.53. The zero-order chi connectivity index (χ0) is 20.5. The normalized spacial score (nSPS) is 23.2. The van der Waals surface area contributed by atoms with Gasteiger partial charge in [-0.2, -0.15) is 0 Å². The van der Waals surface area contributed by atoms with Crippen molar-refractivity contribution in [2.45, 2.75) is 61.8 Å². The van der Waals surface area contributed by atoms with E-state index in [0.29, 0.717) is 5.69 Å². The van der Waals surface area contributed by atoms with Crippen LogP contribution < -0.4 is 10.0 Å². The first-order chi connectivity index (χ1) is 13.9. The Hall–Kier alpha value is -2.34. The van der Waals surface area contributed by atoms with E-state index >= 15 is 0 Å². The zero-order valence-corrected chi connectivity index (χ0v) is 17.5. The number of carbonyl (C=O) groups excluding carboxylic acids is 1. The van der Waals surface area contributed by atoms with Gasteiger partial charge in [0.1, 0.15) is 0 Å². The summed E-state index contributed by atoms with van der Waals surface area (Å²) >= 11 is 0. The zero-order valence-electron chi connectivity index (χ0n) is 16.7. The van der Waals surface area contributed by atoms with Crippen molar-refractivity contribution in [2.24, 2.45) is 5.92 Å². The third-order valence-electron chi connectivity index (χ3n) is 6.28. The van der Waals surface area contributed by atoms with Crippen LogP contribution in [0.3, 0.4) is 0 Å². The first kappa shape index (κ1) is 20.0. The van der Waals surface area contributed by atoms with E-state index in [2.05, 4.69) is 17.0 Å². The topological polar surface area (TPSA) is 75.3 Å². The van der Waals surface area contributed by atoms with Gasteiger partial charge in [0.2, 0.25) is 5.91 Å². The highest BCUT2D eigenvalue weighted by molar-refractivity contribution is 7.92. The molecule has 6 heteroatoms. The Morgan fingerprint density at radius 1 is 0.931 bits per heavy atom. The minimum atomic E-state index is -3.62. The molecule has 2 N–H and O–H groups in total. The van der Waals surface area contributed by atoms with E-state index in [0.717, 1.165) is 37.2 Å². The monoisotopic (exact) mass is 412 g/mol. The molecular formula is C23H28N2O3S. The quantitative estimate of drug-likeness (QED) is 0.746. The molecule has 2 saturated carbocycles. The fourth-order valence-electron chi connectivity index (χ4n) is 4.17. The first-order valence-corrected chi connectivity index (χ1v) is 11.9. The van der Waals surface area contributed by atoms with E-state index < -0.39 is 15.4 Å². The van der Waals surface area contributed by atoms with Crippen molar-refractivity contribution in [3.8, 4) is 0 Å². The van der Waals surface area contributed by atoms with Crippen LogP contribution in [0.2, 0.25) is 0 Å². The molecule has 2 aliphatic carbocycles. The van der Waals surface area contributed by atoms with E-state index in [-0.39, 0.29) is 16.8 Å². The summed E-state index contributed by atoms with van der Waals surface area (Å²) in [4.78, 5) is 13.2. The molecular weight excluding hydrogens is 384 g/mol. The molecule has 0 heterocycles. The standard InChI is InChI=1S/C23H28N2O3S/c1-17-7-11-19(12-8-17)24-22(26)23(15-16-23)18-9-13-20(14-10-18)25-29(27,28)21-5-3-2-4-6-21/h2-6,9-10,13-14,17,19,25H,7-8,11-12,15-16H2,1H3,(H,24,26). The maximum absolute atomic E-state index is 13.0. The van der Waals surface area contributed by atoms with Crippen molar-refractivity contribution in [3.05, 3.63) is 60.2 Å². The predicted molar refractivity (Wildman–Crippen MR) is 114 cm³/mol. The molecule has 0 bridgehead atoms. The van der Waals surface area contributed by atoms with Gasteiger partial charge in [-0.05, 0) is 74.3 Å². The van der Waals surface area contributed by atoms with Gasteiger partial charge in [0.05, 0.1) is 10.3 Å². The summed E-state index contributed by atoms with van der Waals surface area (Å²) in [7, 11) is -3.62. The maximum atomic E-state index is 13.0. The fourth-order valence-corrected chi connectivity index (χ4v) is 5.25. The van der Waals surface area contributed by atoms with Crippen LogP contribution in [0.4, 0.5) is 5.69 Å². The Labute approximate surface area is 173 Å². The molecule has 2 aromatic rings. The molecule has 0 saturated heterocycles. The Balaban J connectivity index is 1.43. The Morgan fingerprint density at radius 3 is 2.14 bits per heavy atom. The van der Waals surface area contributed by atoms with Crippen molar-refractivity contribution >= 4 is 21.6 Å². The lowest BCUT2D eigenvalue weighted by Gasteiger charge is -2.28. The van der Waals surface area contributed by atoms with E-state index in [4.69, 9.17) is 0 Å². The number of nitrogens with one attached hydrogen (secondary N) is 2. The predicted octanol–water partition coefficient (Wildman–Crippen LogP) is 4.21. The molecule has 0 aromatic heterocycles. The van der Waals surface area contributed by atoms with Crippen molar-refractivity contribution < 1.29 is 13.2 Å². The summed E-state index contributed by atoms with van der Waals surface area (Å²) in [5.41, 5.74) is 1.01. The lowest BCUT2D eigenvalue weighted by molar-refractivity contribution is -0.124. The highest BCUT2D eigenvalue weighted by atomic mass is 32.2. The molecule has 0 radical (unpaired) electrons. The largest absolute Gasteiger partial charge is 0.353 e. The van der Waals surface area contributed by atoms with Crippen molar-refractivity contribution in [1.82, 2.24) is 5.32 Å². The second-order valence-corrected chi connectivity index (χ2v) is 10.2. The SMILES string of the molecule is CC1CCC(NC(=O)C2(c3ccc(NS(=O)(=O)c4ccccc4)cc3)CC2)CC1. The minimum absolute atomic E-state index is 0.120. The van der Waals surface area contributed by atoms with E-state index in [1.165, 1.54) is 12.8 Å². The van der Waals surface area contributed by atoms with Crippen LogP contribution in [0.5, 0.6) is 0 Å². The summed E-state index contributed by atoms with van der Waals surface area (Å²) < 4.78 is 27.6. The first-order valence-electron chi connectivity index (χ1n) is 10.4. The lowest BCUT2D eigenvalue weighted by atomic mass is 9.86. The highest BCUT2D eigenvalue weighted by Gasteiger charge is 2.51. The van der Waals surface area contributed by atoms with Gasteiger partial charge in [0.15, 0.2) is 0 Å². The lowest BCUT2D eigenvalue weighted by Crippen LogP contribution is -2.43. The molecule has 0 unspecified atom stereocenters. The Kier molecular flexibility index (Phi) is 5.38. The van der Waals surface area contributed by atoms with Gasteiger partial charge in [0, 0.05) is 11.7 Å². The maximum Gasteiger partial charge on any atom is 0.261 e. The Bertz CT molecular complexity index is 959. The van der Waals surface area contributed by atoms with Crippen molar-refractivity contribution in [1.29, 1.82) is 0 Å². The van der Waals surface area contributed by atoms with Crippen LogP contribution in [0, 0.1) is 5.92 Å². The number of hydrogen-bond acceptors (Lipinski definition) is 3. The molecule has 2 fully saturated rings. The average molecular weight is 413 g/mol. The molecule has 0 spiro atoms. The van der Waals surface area contributed by atoms with E-state index in [9.17, 15) is 13.2 Å². The molecule has 0 aliphatic heterocycles. The van der Waals surface area contributed by atoms with E-state index in [1.807, 2.05) is 12.1 Å². The second kappa shape index (κ2) is 7.82. The molecule has 154 valence electrons. The number of sulfonamides is 1. The summed E-state index contributed by atoms with van der Waals surface area (Å²) in [6.07, 6.45) is 6.16. The van der Waals surface area contributed by atoms with Gasteiger partial charge in [0.25, 0.3) is 10.0 Å². The summed E-state index contributed by atoms with van der Waals surface area (Å²) in [5.74, 6) is 0.875. The number of rotatable bonds is 6. The third-order valence-corrected chi connectivity index (χ3v) is 7.68. The smallest absolute Gasteiger partial charge is 0.261 e. The van der Waals surface area contributed by atoms with Gasteiger partial charge >= 0.3 is 0 Å². The van der Waals surface area contributed by atoms with Crippen LogP contribution in [0.15, 0.2) is 59.5 Å². The molecule has 2 aromatic carbocycles. The molecule has 2 aliphatic rings. The number of hydrogen-bond donors (Lipinski definition) is 2. The van der Waals surface area contributed by atoms with Gasteiger partial charge in [-0.15, -0.1) is 0 Å². The Morgan fingerprint density at radius 2 is 1.55 bits per heavy atom. The number of benzene rings is 2. The summed E-state index contributed by atoms with van der Waals surface area (Å²) in [6, 6.07) is 15.8. The number of anilines is 1. The van der Waals surface area contributed by atoms with Gasteiger partial charge in [-0.1, -0.05) is 37.3 Å². The van der Waals surface area contributed by atoms with Gasteiger partial charge < -0.3 is 5.32 Å². The minimum Gasteiger partial charge on any atom is -0.353 e. The molecule has 0 atom stereocenters. The van der Waals surface area contributed by atoms with Crippen molar-refractivity contribution in [3.63, 3.8) is 0 Å². The van der Waals surface area contributed by atoms with Gasteiger partial charge in [-0.25, -0.2) is 8.42 Å². The molecule has 5 nitrogen and oxygen atoms in total. The van der Waals surface area contributed by atoms with Gasteiger partial charge in [-0.3, -0.25) is 9.52 Å². The second-order valence-electron chi connectivity index (χ2n) is 8.51. The van der Waals surface area contributed by atoms with Crippen molar-refractivity contribution in [2.75, 3.05) is 4.72 Å².